The Bertz CT molecular complexity index is 614. The molecule has 0 amide bonds. The van der Waals surface area contributed by atoms with Gasteiger partial charge in [-0.3, -0.25) is 4.79 Å². The normalized spacial score (nSPS) is 15.3. The Morgan fingerprint density at radius 3 is 2.45 bits per heavy atom. The zero-order valence-corrected chi connectivity index (χ0v) is 11.2. The first-order valence-corrected chi connectivity index (χ1v) is 7.48. The van der Waals surface area contributed by atoms with Crippen molar-refractivity contribution < 1.29 is 27.1 Å². The van der Waals surface area contributed by atoms with Gasteiger partial charge in [0.15, 0.2) is 0 Å². The summed E-state index contributed by atoms with van der Waals surface area (Å²) in [6, 6.07) is 5.16. The van der Waals surface area contributed by atoms with E-state index in [0.29, 0.717) is 0 Å². The van der Waals surface area contributed by atoms with Gasteiger partial charge in [-0.1, -0.05) is 12.1 Å². The van der Waals surface area contributed by atoms with Crippen LogP contribution in [-0.4, -0.2) is 37.8 Å². The molecule has 20 heavy (non-hydrogen) atoms. The van der Waals surface area contributed by atoms with E-state index in [1.807, 2.05) is 0 Å². The van der Waals surface area contributed by atoms with Crippen LogP contribution in [0.15, 0.2) is 29.2 Å². The predicted octanol–water partition coefficient (Wildman–Crippen LogP) is 1.74. The van der Waals surface area contributed by atoms with Gasteiger partial charge in [-0.15, -0.1) is 0 Å². The molecule has 0 atom stereocenters. The van der Waals surface area contributed by atoms with Crippen LogP contribution in [0.3, 0.4) is 0 Å². The highest BCUT2D eigenvalue weighted by Gasteiger charge is 2.36. The molecule has 1 saturated carbocycles. The van der Waals surface area contributed by atoms with E-state index < -0.39 is 33.0 Å². The van der Waals surface area contributed by atoms with Crippen molar-refractivity contribution in [3.63, 3.8) is 0 Å². The molecule has 2 rings (SSSR count). The molecule has 1 N–H and O–H groups in total. The molecular formula is C12H13F2NO4S. The van der Waals surface area contributed by atoms with Crippen molar-refractivity contribution in [3.8, 4) is 0 Å². The minimum absolute atomic E-state index is 0.0256. The van der Waals surface area contributed by atoms with Crippen LogP contribution in [0.5, 0.6) is 0 Å². The minimum atomic E-state index is -4.76. The number of nitrogens with zero attached hydrogens (tertiary/aromatic N) is 1. The first-order valence-electron chi connectivity index (χ1n) is 5.93. The third-order valence-corrected chi connectivity index (χ3v) is 4.44. The van der Waals surface area contributed by atoms with Crippen LogP contribution in [0, 0.1) is 0 Å². The lowest BCUT2D eigenvalue weighted by atomic mass is 10.2. The van der Waals surface area contributed by atoms with Gasteiger partial charge in [0.1, 0.15) is 6.54 Å². The molecule has 0 radical (unpaired) electrons. The lowest BCUT2D eigenvalue weighted by Gasteiger charge is -2.24. The fourth-order valence-electron chi connectivity index (χ4n) is 1.97. The summed E-state index contributed by atoms with van der Waals surface area (Å²) in [4.78, 5) is 11.7. The molecule has 1 aromatic carbocycles. The molecule has 0 spiro atoms. The van der Waals surface area contributed by atoms with Crippen molar-refractivity contribution in [2.75, 3.05) is 11.4 Å². The van der Waals surface area contributed by atoms with Crippen molar-refractivity contribution >= 4 is 21.5 Å². The summed E-state index contributed by atoms with van der Waals surface area (Å²) in [5.74, 6) is -4.67. The smallest absolute Gasteiger partial charge is 0.341 e. The van der Waals surface area contributed by atoms with E-state index in [2.05, 4.69) is 0 Å². The van der Waals surface area contributed by atoms with Crippen molar-refractivity contribution in [1.29, 1.82) is 0 Å². The molecule has 0 heterocycles. The number of benzene rings is 1. The number of hydrogen-bond donors (Lipinski definition) is 1. The molecule has 1 aliphatic carbocycles. The van der Waals surface area contributed by atoms with Gasteiger partial charge in [0.2, 0.25) is 9.84 Å². The molecule has 5 nitrogen and oxygen atoms in total. The highest BCUT2D eigenvalue weighted by molar-refractivity contribution is 7.91. The van der Waals surface area contributed by atoms with Crippen LogP contribution in [-0.2, 0) is 14.6 Å². The number of rotatable bonds is 6. The number of carbonyl (C=O) groups is 1. The predicted molar refractivity (Wildman–Crippen MR) is 67.6 cm³/mol. The molecule has 1 aliphatic rings. The van der Waals surface area contributed by atoms with E-state index in [9.17, 15) is 22.0 Å². The zero-order valence-electron chi connectivity index (χ0n) is 10.4. The third-order valence-electron chi connectivity index (χ3n) is 3.01. The van der Waals surface area contributed by atoms with Crippen molar-refractivity contribution in [2.24, 2.45) is 0 Å². The first kappa shape index (κ1) is 14.7. The number of carboxylic acid groups (broad SMARTS) is 1. The molecule has 110 valence electrons. The Kier molecular flexibility index (Phi) is 3.94. The lowest BCUT2D eigenvalue weighted by Crippen LogP contribution is -2.33. The van der Waals surface area contributed by atoms with Crippen LogP contribution in [0.25, 0.3) is 0 Å². The number of hydrogen-bond acceptors (Lipinski definition) is 4. The standard InChI is InChI=1S/C12H13F2NO4S/c13-12(14)20(18,19)10-4-2-1-3-9(10)15(7-11(16)17)8-5-6-8/h1-4,8,12H,5-7H2,(H,16,17). The molecule has 0 bridgehead atoms. The summed E-state index contributed by atoms with van der Waals surface area (Å²) in [5.41, 5.74) is 0.0256. The Labute approximate surface area is 114 Å². The summed E-state index contributed by atoms with van der Waals surface area (Å²) >= 11 is 0. The van der Waals surface area contributed by atoms with Crippen LogP contribution >= 0.6 is 0 Å². The summed E-state index contributed by atoms with van der Waals surface area (Å²) in [6.45, 7) is -0.416. The van der Waals surface area contributed by atoms with Crippen LogP contribution in [0.2, 0.25) is 0 Å². The highest BCUT2D eigenvalue weighted by Crippen LogP contribution is 2.36. The number of para-hydroxylation sites is 1. The maximum absolute atomic E-state index is 12.7. The first-order chi connectivity index (χ1) is 9.34. The van der Waals surface area contributed by atoms with E-state index in [4.69, 9.17) is 5.11 Å². The van der Waals surface area contributed by atoms with E-state index in [1.54, 1.807) is 0 Å². The fourth-order valence-corrected chi connectivity index (χ4v) is 2.91. The van der Waals surface area contributed by atoms with Gasteiger partial charge >= 0.3 is 11.7 Å². The molecule has 0 aliphatic heterocycles. The minimum Gasteiger partial charge on any atom is -0.480 e. The Morgan fingerprint density at radius 2 is 1.95 bits per heavy atom. The number of carboxylic acids is 1. The summed E-state index contributed by atoms with van der Waals surface area (Å²) in [6.07, 6.45) is 1.44. The molecular weight excluding hydrogens is 292 g/mol. The second-order valence-corrected chi connectivity index (χ2v) is 6.41. The highest BCUT2D eigenvalue weighted by atomic mass is 32.2. The number of halogens is 2. The van der Waals surface area contributed by atoms with Gasteiger partial charge < -0.3 is 10.0 Å². The maximum atomic E-state index is 12.7. The number of anilines is 1. The van der Waals surface area contributed by atoms with Gasteiger partial charge in [0.05, 0.1) is 10.6 Å². The Hall–Kier alpha value is -1.70. The van der Waals surface area contributed by atoms with Gasteiger partial charge in [-0.25, -0.2) is 8.42 Å². The average molecular weight is 305 g/mol. The topological polar surface area (TPSA) is 74.7 Å². The average Bonchev–Trinajstić information content (AvgIpc) is 3.20. The fraction of sp³-hybridized carbons (Fsp3) is 0.417. The molecule has 0 saturated heterocycles. The lowest BCUT2D eigenvalue weighted by molar-refractivity contribution is -0.135. The van der Waals surface area contributed by atoms with E-state index in [0.717, 1.165) is 18.9 Å². The van der Waals surface area contributed by atoms with E-state index in [-0.39, 0.29) is 11.7 Å². The van der Waals surface area contributed by atoms with E-state index in [1.165, 1.54) is 23.1 Å². The monoisotopic (exact) mass is 305 g/mol. The molecule has 1 fully saturated rings. The van der Waals surface area contributed by atoms with Gasteiger partial charge in [0.25, 0.3) is 0 Å². The van der Waals surface area contributed by atoms with Gasteiger partial charge in [-0.05, 0) is 25.0 Å². The number of sulfone groups is 1. The molecule has 0 aromatic heterocycles. The Balaban J connectivity index is 2.48. The van der Waals surface area contributed by atoms with Crippen LogP contribution in [0.4, 0.5) is 14.5 Å². The molecule has 0 unspecified atom stereocenters. The second kappa shape index (κ2) is 5.35. The maximum Gasteiger partial charge on any atom is 0.341 e. The Morgan fingerprint density at radius 1 is 1.35 bits per heavy atom. The zero-order chi connectivity index (χ0) is 14.9. The van der Waals surface area contributed by atoms with E-state index >= 15 is 0 Å². The quantitative estimate of drug-likeness (QED) is 0.866. The number of alkyl halides is 2. The van der Waals surface area contributed by atoms with Crippen molar-refractivity contribution in [2.45, 2.75) is 29.5 Å². The second-order valence-electron chi connectivity index (χ2n) is 4.53. The van der Waals surface area contributed by atoms with Gasteiger partial charge in [0, 0.05) is 6.04 Å². The summed E-state index contributed by atoms with van der Waals surface area (Å²) < 4.78 is 48.7. The van der Waals surface area contributed by atoms with Gasteiger partial charge in [-0.2, -0.15) is 8.78 Å². The molecule has 8 heteroatoms. The van der Waals surface area contributed by atoms with Crippen molar-refractivity contribution in [3.05, 3.63) is 24.3 Å². The number of aliphatic carboxylic acids is 1. The summed E-state index contributed by atoms with van der Waals surface area (Å²) in [5, 5.41) is 8.89. The molecule has 1 aromatic rings. The van der Waals surface area contributed by atoms with Crippen LogP contribution < -0.4 is 4.90 Å². The SMILES string of the molecule is O=C(O)CN(c1ccccc1S(=O)(=O)C(F)F)C1CC1. The summed E-state index contributed by atoms with van der Waals surface area (Å²) in [7, 11) is -4.76. The third kappa shape index (κ3) is 2.90. The van der Waals surface area contributed by atoms with Crippen LogP contribution in [0.1, 0.15) is 12.8 Å². The largest absolute Gasteiger partial charge is 0.480 e. The van der Waals surface area contributed by atoms with Crippen molar-refractivity contribution in [1.82, 2.24) is 0 Å².